The van der Waals surface area contributed by atoms with E-state index < -0.39 is 0 Å². The third kappa shape index (κ3) is 3.21. The molecule has 0 amide bonds. The molecule has 0 saturated carbocycles. The number of carbonyl (C=O) groups is 1. The summed E-state index contributed by atoms with van der Waals surface area (Å²) in [6.45, 7) is 4.34. The molecule has 0 spiro atoms. The molecule has 0 radical (unpaired) electrons. The average Bonchev–Trinajstić information content (AvgIpc) is 2.19. The molecule has 14 heavy (non-hydrogen) atoms. The molecule has 0 N–H and O–H groups in total. The molecular weight excluding hydrogens is 176 g/mol. The van der Waals surface area contributed by atoms with E-state index in [1.165, 1.54) is 0 Å². The summed E-state index contributed by atoms with van der Waals surface area (Å²) in [6, 6.07) is 0. The van der Waals surface area contributed by atoms with Crippen LogP contribution in [0.4, 0.5) is 0 Å². The van der Waals surface area contributed by atoms with Crippen molar-refractivity contribution in [3.63, 3.8) is 0 Å². The molecule has 0 fully saturated rings. The number of carbonyl (C=O) groups excluding carboxylic acids is 1. The highest BCUT2D eigenvalue weighted by atomic mass is 16.5. The minimum Gasteiger partial charge on any atom is -0.461 e. The van der Waals surface area contributed by atoms with Gasteiger partial charge in [-0.05, 0) is 12.8 Å². The fraction of sp³-hybridized carbons (Fsp3) is 0.417. The van der Waals surface area contributed by atoms with Gasteiger partial charge in [-0.25, -0.2) is 0 Å². The zero-order valence-corrected chi connectivity index (χ0v) is 8.64. The Bertz CT molecular complexity index is 260. The summed E-state index contributed by atoms with van der Waals surface area (Å²) < 4.78 is 5.03. The van der Waals surface area contributed by atoms with Crippen LogP contribution >= 0.6 is 0 Å². The van der Waals surface area contributed by atoms with E-state index in [2.05, 4.69) is 6.92 Å². The van der Waals surface area contributed by atoms with Gasteiger partial charge in [0, 0.05) is 0 Å². The van der Waals surface area contributed by atoms with Crippen LogP contribution in [0.25, 0.3) is 0 Å². The zero-order chi connectivity index (χ0) is 10.4. The highest BCUT2D eigenvalue weighted by Gasteiger charge is 2.15. The summed E-state index contributed by atoms with van der Waals surface area (Å²) >= 11 is 0. The minimum absolute atomic E-state index is 0.178. The lowest BCUT2D eigenvalue weighted by atomic mass is 9.98. The summed E-state index contributed by atoms with van der Waals surface area (Å²) in [4.78, 5) is 11.4. The van der Waals surface area contributed by atoms with E-state index >= 15 is 0 Å². The maximum absolute atomic E-state index is 11.4. The van der Waals surface area contributed by atoms with Crippen molar-refractivity contribution in [1.29, 1.82) is 0 Å². The van der Waals surface area contributed by atoms with Crippen molar-refractivity contribution in [2.24, 2.45) is 11.8 Å². The maximum Gasteiger partial charge on any atom is 0.316 e. The first kappa shape index (κ1) is 10.8. The van der Waals surface area contributed by atoms with Gasteiger partial charge in [0.15, 0.2) is 0 Å². The van der Waals surface area contributed by atoms with Crippen LogP contribution in [-0.4, -0.2) is 12.6 Å². The van der Waals surface area contributed by atoms with Crippen molar-refractivity contribution in [2.45, 2.75) is 13.8 Å². The van der Waals surface area contributed by atoms with E-state index in [1.54, 1.807) is 0 Å². The predicted octanol–water partition coefficient (Wildman–Crippen LogP) is 2.48. The number of hydrogen-bond acceptors (Lipinski definition) is 2. The smallest absolute Gasteiger partial charge is 0.316 e. The third-order valence-electron chi connectivity index (χ3n) is 2.07. The van der Waals surface area contributed by atoms with E-state index in [-0.39, 0.29) is 11.9 Å². The summed E-state index contributed by atoms with van der Waals surface area (Å²) in [7, 11) is 0. The second-order valence-corrected chi connectivity index (χ2v) is 3.35. The van der Waals surface area contributed by atoms with Gasteiger partial charge in [0.1, 0.15) is 6.61 Å². The lowest BCUT2D eigenvalue weighted by Crippen LogP contribution is -2.16. The lowest BCUT2D eigenvalue weighted by molar-refractivity contribution is -0.144. The Morgan fingerprint density at radius 1 is 1.36 bits per heavy atom. The van der Waals surface area contributed by atoms with Crippen molar-refractivity contribution in [1.82, 2.24) is 0 Å². The van der Waals surface area contributed by atoms with Crippen molar-refractivity contribution >= 4 is 5.97 Å². The quantitative estimate of drug-likeness (QED) is 0.507. The van der Waals surface area contributed by atoms with Gasteiger partial charge in [-0.15, -0.1) is 0 Å². The Balaban J connectivity index is 2.38. The highest BCUT2D eigenvalue weighted by molar-refractivity contribution is 5.77. The maximum atomic E-state index is 11.4. The summed E-state index contributed by atoms with van der Waals surface area (Å²) in [5, 5.41) is 0. The molecule has 0 aromatic rings. The van der Waals surface area contributed by atoms with Crippen LogP contribution in [0, 0.1) is 11.8 Å². The van der Waals surface area contributed by atoms with Gasteiger partial charge >= 0.3 is 5.97 Å². The summed E-state index contributed by atoms with van der Waals surface area (Å²) in [5.74, 6) is 0.0496. The standard InChI is InChI=1S/C12H16O2/c1-3-4-9-14-12(13)11-7-5-10(2)6-8-11/h3-8,10-11H,9H2,1-2H3/b4-3+. The molecule has 0 aliphatic heterocycles. The van der Waals surface area contributed by atoms with Crippen LogP contribution in [0.2, 0.25) is 0 Å². The van der Waals surface area contributed by atoms with Gasteiger partial charge in [-0.1, -0.05) is 43.4 Å². The van der Waals surface area contributed by atoms with Crippen LogP contribution < -0.4 is 0 Å². The second kappa shape index (κ2) is 5.43. The zero-order valence-electron chi connectivity index (χ0n) is 8.64. The summed E-state index contributed by atoms with van der Waals surface area (Å²) in [5.41, 5.74) is 0. The molecule has 0 aromatic heterocycles. The van der Waals surface area contributed by atoms with Crippen LogP contribution in [0.5, 0.6) is 0 Å². The van der Waals surface area contributed by atoms with Crippen LogP contribution in [-0.2, 0) is 9.53 Å². The first-order valence-electron chi connectivity index (χ1n) is 4.88. The van der Waals surface area contributed by atoms with E-state index in [0.29, 0.717) is 12.5 Å². The van der Waals surface area contributed by atoms with Crippen molar-refractivity contribution in [2.75, 3.05) is 6.61 Å². The van der Waals surface area contributed by atoms with E-state index in [0.717, 1.165) is 0 Å². The number of allylic oxidation sites excluding steroid dienone is 3. The lowest BCUT2D eigenvalue weighted by Gasteiger charge is -2.12. The van der Waals surface area contributed by atoms with Crippen LogP contribution in [0.3, 0.4) is 0 Å². The molecule has 1 aliphatic carbocycles. The van der Waals surface area contributed by atoms with E-state index in [9.17, 15) is 4.79 Å². The Morgan fingerprint density at radius 3 is 2.57 bits per heavy atom. The Kier molecular flexibility index (Phi) is 4.17. The molecule has 0 heterocycles. The summed E-state index contributed by atoms with van der Waals surface area (Å²) in [6.07, 6.45) is 11.5. The van der Waals surface area contributed by atoms with Gasteiger partial charge in [-0.2, -0.15) is 0 Å². The van der Waals surface area contributed by atoms with Crippen LogP contribution in [0.15, 0.2) is 36.5 Å². The SMILES string of the molecule is C/C=C/COC(=O)C1C=CC(C)C=C1. The molecule has 0 atom stereocenters. The predicted molar refractivity (Wildman–Crippen MR) is 56.7 cm³/mol. The van der Waals surface area contributed by atoms with Crippen molar-refractivity contribution in [3.8, 4) is 0 Å². The number of esters is 1. The average molecular weight is 192 g/mol. The fourth-order valence-electron chi connectivity index (χ4n) is 1.20. The normalized spacial score (nSPS) is 25.6. The second-order valence-electron chi connectivity index (χ2n) is 3.35. The van der Waals surface area contributed by atoms with Gasteiger partial charge < -0.3 is 4.74 Å². The van der Waals surface area contributed by atoms with Crippen LogP contribution in [0.1, 0.15) is 13.8 Å². The molecule has 1 rings (SSSR count). The van der Waals surface area contributed by atoms with Gasteiger partial charge in [0.25, 0.3) is 0 Å². The van der Waals surface area contributed by atoms with Crippen molar-refractivity contribution < 1.29 is 9.53 Å². The molecule has 76 valence electrons. The Hall–Kier alpha value is -1.31. The Morgan fingerprint density at radius 2 is 2.00 bits per heavy atom. The van der Waals surface area contributed by atoms with Gasteiger partial charge in [0.05, 0.1) is 5.92 Å². The van der Waals surface area contributed by atoms with Gasteiger partial charge in [-0.3, -0.25) is 4.79 Å². The molecule has 0 unspecified atom stereocenters. The largest absolute Gasteiger partial charge is 0.461 e. The molecule has 0 bridgehead atoms. The minimum atomic E-state index is -0.198. The molecule has 2 nitrogen and oxygen atoms in total. The number of rotatable bonds is 3. The fourth-order valence-corrected chi connectivity index (χ4v) is 1.20. The van der Waals surface area contributed by atoms with E-state index in [1.807, 2.05) is 43.4 Å². The Labute approximate surface area is 85.0 Å². The number of hydrogen-bond donors (Lipinski definition) is 0. The van der Waals surface area contributed by atoms with Gasteiger partial charge in [0.2, 0.25) is 0 Å². The molecule has 1 aliphatic rings. The molecule has 0 saturated heterocycles. The topological polar surface area (TPSA) is 26.3 Å². The monoisotopic (exact) mass is 192 g/mol. The van der Waals surface area contributed by atoms with E-state index in [4.69, 9.17) is 4.74 Å². The first-order valence-corrected chi connectivity index (χ1v) is 4.88. The molecule has 2 heteroatoms. The van der Waals surface area contributed by atoms with Crippen molar-refractivity contribution in [3.05, 3.63) is 36.5 Å². The molecular formula is C12H16O2. The first-order chi connectivity index (χ1) is 6.74. The highest BCUT2D eigenvalue weighted by Crippen LogP contribution is 2.15. The molecule has 0 aromatic carbocycles. The third-order valence-corrected chi connectivity index (χ3v) is 2.07. The number of ether oxygens (including phenoxy) is 1.